The molecule has 0 atom stereocenters. The molecule has 0 aliphatic rings. The van der Waals surface area contributed by atoms with Crippen molar-refractivity contribution < 1.29 is 4.42 Å². The van der Waals surface area contributed by atoms with E-state index in [0.717, 1.165) is 60.9 Å². The van der Waals surface area contributed by atoms with Gasteiger partial charge in [0, 0.05) is 47.6 Å². The summed E-state index contributed by atoms with van der Waals surface area (Å²) in [5, 5.41) is 4.80. The minimum Gasteiger partial charge on any atom is -0.456 e. The normalized spacial score (nSPS) is 11.6. The largest absolute Gasteiger partial charge is 0.456 e. The summed E-state index contributed by atoms with van der Waals surface area (Å²) in [7, 11) is 0. The third kappa shape index (κ3) is 5.56. The van der Waals surface area contributed by atoms with E-state index in [-0.39, 0.29) is 0 Å². The quantitative estimate of drug-likeness (QED) is 0.171. The number of aromatic nitrogens is 3. The van der Waals surface area contributed by atoms with E-state index in [1.807, 2.05) is 72.0 Å². The molecule has 11 aromatic rings. The molecule has 0 saturated carbocycles. The number of hydrogen-bond donors (Lipinski definition) is 0. The summed E-state index contributed by atoms with van der Waals surface area (Å²) in [4.78, 5) is 14.8. The van der Waals surface area contributed by atoms with Crippen LogP contribution in [0.4, 0.5) is 0 Å². The number of thiophene rings is 1. The first-order valence-corrected chi connectivity index (χ1v) is 19.5. The summed E-state index contributed by atoms with van der Waals surface area (Å²) in [6.07, 6.45) is 0. The van der Waals surface area contributed by atoms with Crippen molar-refractivity contribution in [3.05, 3.63) is 188 Å². The van der Waals surface area contributed by atoms with Crippen LogP contribution in [0.5, 0.6) is 0 Å². The van der Waals surface area contributed by atoms with Gasteiger partial charge in [-0.3, -0.25) is 0 Å². The molecule has 0 aliphatic heterocycles. The molecule has 0 radical (unpaired) electrons. The molecule has 0 unspecified atom stereocenters. The molecule has 4 nitrogen and oxygen atoms in total. The Kier molecular flexibility index (Phi) is 7.64. The molecule has 3 aromatic heterocycles. The van der Waals surface area contributed by atoms with E-state index in [4.69, 9.17) is 19.4 Å². The van der Waals surface area contributed by atoms with E-state index in [2.05, 4.69) is 127 Å². The van der Waals surface area contributed by atoms with Crippen LogP contribution in [0.25, 0.3) is 110 Å². The lowest BCUT2D eigenvalue weighted by atomic mass is 9.96. The molecular formula is C51H31N3OS. The van der Waals surface area contributed by atoms with Crippen LogP contribution in [0.15, 0.2) is 192 Å². The average Bonchev–Trinajstić information content (AvgIpc) is 3.85. The van der Waals surface area contributed by atoms with Crippen molar-refractivity contribution in [2.24, 2.45) is 0 Å². The Labute approximate surface area is 327 Å². The minimum atomic E-state index is 0.625. The van der Waals surface area contributed by atoms with E-state index in [1.165, 1.54) is 31.3 Å². The van der Waals surface area contributed by atoms with Gasteiger partial charge in [0.25, 0.3) is 0 Å². The number of fused-ring (bicyclic) bond motifs is 6. The summed E-state index contributed by atoms with van der Waals surface area (Å²) in [5.41, 5.74) is 11.4. The molecule has 0 spiro atoms. The maximum absolute atomic E-state index is 6.56. The summed E-state index contributed by atoms with van der Waals surface area (Å²) >= 11 is 1.86. The van der Waals surface area contributed by atoms with E-state index < -0.39 is 0 Å². The molecule has 262 valence electrons. The van der Waals surface area contributed by atoms with Crippen LogP contribution in [0, 0.1) is 0 Å². The predicted molar refractivity (Wildman–Crippen MR) is 233 cm³/mol. The molecular weight excluding hydrogens is 703 g/mol. The van der Waals surface area contributed by atoms with Crippen molar-refractivity contribution in [3.8, 4) is 67.5 Å². The van der Waals surface area contributed by atoms with Gasteiger partial charge in [0.05, 0.1) is 0 Å². The van der Waals surface area contributed by atoms with E-state index in [1.54, 1.807) is 0 Å². The van der Waals surface area contributed by atoms with E-state index in [0.29, 0.717) is 17.5 Å². The minimum absolute atomic E-state index is 0.625. The van der Waals surface area contributed by atoms with Gasteiger partial charge in [0.1, 0.15) is 11.2 Å². The molecule has 0 bridgehead atoms. The Morgan fingerprint density at radius 1 is 0.339 bits per heavy atom. The summed E-state index contributed by atoms with van der Waals surface area (Å²) < 4.78 is 9.21. The highest BCUT2D eigenvalue weighted by atomic mass is 32.1. The van der Waals surface area contributed by atoms with Crippen LogP contribution >= 0.6 is 11.3 Å². The molecule has 5 heteroatoms. The third-order valence-corrected chi connectivity index (χ3v) is 11.8. The number of nitrogens with zero attached hydrogens (tertiary/aromatic N) is 3. The Bertz CT molecular complexity index is 3180. The molecule has 0 saturated heterocycles. The number of rotatable bonds is 6. The topological polar surface area (TPSA) is 51.8 Å². The molecule has 0 aliphatic carbocycles. The van der Waals surface area contributed by atoms with Gasteiger partial charge >= 0.3 is 0 Å². The van der Waals surface area contributed by atoms with Crippen LogP contribution < -0.4 is 0 Å². The van der Waals surface area contributed by atoms with Crippen molar-refractivity contribution in [3.63, 3.8) is 0 Å². The maximum Gasteiger partial charge on any atom is 0.164 e. The Hall–Kier alpha value is -7.21. The van der Waals surface area contributed by atoms with Crippen LogP contribution in [0.3, 0.4) is 0 Å². The predicted octanol–water partition coefficient (Wildman–Crippen LogP) is 14.1. The van der Waals surface area contributed by atoms with Crippen LogP contribution in [0.1, 0.15) is 0 Å². The fraction of sp³-hybridized carbons (Fsp3) is 0. The van der Waals surface area contributed by atoms with Crippen LogP contribution in [-0.4, -0.2) is 15.0 Å². The van der Waals surface area contributed by atoms with Gasteiger partial charge in [-0.1, -0.05) is 158 Å². The number of benzene rings is 8. The fourth-order valence-electron chi connectivity index (χ4n) is 7.83. The molecule has 8 aromatic carbocycles. The summed E-state index contributed by atoms with van der Waals surface area (Å²) in [6.45, 7) is 0. The Morgan fingerprint density at radius 3 is 1.68 bits per heavy atom. The van der Waals surface area contributed by atoms with Crippen molar-refractivity contribution in [1.82, 2.24) is 15.0 Å². The van der Waals surface area contributed by atoms with Gasteiger partial charge < -0.3 is 4.42 Å². The average molecular weight is 734 g/mol. The SMILES string of the molecule is c1ccc(-c2nc(-c3ccccc3)nc(-c3cccc(-c4cccc5oc6cc(-c7ccc(-c8cccc9c8sc8ccccc89)cc7)ccc6c45)c3)n2)cc1. The van der Waals surface area contributed by atoms with Crippen molar-refractivity contribution in [2.45, 2.75) is 0 Å². The van der Waals surface area contributed by atoms with Gasteiger partial charge in [-0.2, -0.15) is 0 Å². The maximum atomic E-state index is 6.56. The van der Waals surface area contributed by atoms with Crippen LogP contribution in [0.2, 0.25) is 0 Å². The van der Waals surface area contributed by atoms with Gasteiger partial charge in [0.15, 0.2) is 17.5 Å². The van der Waals surface area contributed by atoms with Gasteiger partial charge in [0.2, 0.25) is 0 Å². The van der Waals surface area contributed by atoms with Gasteiger partial charge in [-0.15, -0.1) is 11.3 Å². The molecule has 0 fully saturated rings. The lowest BCUT2D eigenvalue weighted by Crippen LogP contribution is -2.00. The number of furan rings is 1. The summed E-state index contributed by atoms with van der Waals surface area (Å²) in [5.74, 6) is 1.91. The zero-order chi connectivity index (χ0) is 37.0. The number of hydrogen-bond acceptors (Lipinski definition) is 5. The first-order chi connectivity index (χ1) is 27.7. The second-order valence-corrected chi connectivity index (χ2v) is 15.0. The molecule has 56 heavy (non-hydrogen) atoms. The highest BCUT2D eigenvalue weighted by Gasteiger charge is 2.17. The van der Waals surface area contributed by atoms with E-state index in [9.17, 15) is 0 Å². The van der Waals surface area contributed by atoms with Crippen molar-refractivity contribution in [2.75, 3.05) is 0 Å². The second kappa shape index (κ2) is 13.3. The highest BCUT2D eigenvalue weighted by molar-refractivity contribution is 7.26. The first-order valence-electron chi connectivity index (χ1n) is 18.7. The molecule has 3 heterocycles. The Morgan fingerprint density at radius 2 is 0.911 bits per heavy atom. The zero-order valence-electron chi connectivity index (χ0n) is 30.1. The highest BCUT2D eigenvalue weighted by Crippen LogP contribution is 2.42. The standard InChI is InChI=1S/C51H31N3OS/c1-3-12-34(13-4-1)49-52-50(35-14-5-2-6-15-35)54-51(53-49)38-17-9-16-37(30-38)39-19-11-22-44-47(39)43-29-28-36(31-45(43)55-44)32-24-26-33(27-25-32)40-20-10-21-42-41-18-7-8-23-46(41)56-48(40)42/h1-31H. The van der Waals surface area contributed by atoms with Crippen molar-refractivity contribution in [1.29, 1.82) is 0 Å². The molecule has 11 rings (SSSR count). The van der Waals surface area contributed by atoms with Gasteiger partial charge in [-0.05, 0) is 63.7 Å². The monoisotopic (exact) mass is 733 g/mol. The lowest BCUT2D eigenvalue weighted by molar-refractivity contribution is 0.669. The van der Waals surface area contributed by atoms with E-state index >= 15 is 0 Å². The van der Waals surface area contributed by atoms with Crippen LogP contribution in [-0.2, 0) is 0 Å². The molecule has 0 amide bonds. The molecule has 0 N–H and O–H groups in total. The van der Waals surface area contributed by atoms with Gasteiger partial charge in [-0.25, -0.2) is 15.0 Å². The Balaban J connectivity index is 0.958. The lowest BCUT2D eigenvalue weighted by Gasteiger charge is -2.10. The smallest absolute Gasteiger partial charge is 0.164 e. The first kappa shape index (κ1) is 32.2. The second-order valence-electron chi connectivity index (χ2n) is 14.0. The van der Waals surface area contributed by atoms with Crippen molar-refractivity contribution >= 4 is 53.4 Å². The summed E-state index contributed by atoms with van der Waals surface area (Å²) in [6, 6.07) is 65.6. The fourth-order valence-corrected chi connectivity index (χ4v) is 9.06. The third-order valence-electron chi connectivity index (χ3n) is 10.6. The zero-order valence-corrected chi connectivity index (χ0v) is 30.9.